The lowest BCUT2D eigenvalue weighted by Gasteiger charge is -2.33. The first-order valence-corrected chi connectivity index (χ1v) is 7.44. The van der Waals surface area contributed by atoms with Crippen LogP contribution in [-0.2, 0) is 9.47 Å². The standard InChI is InChI=1S/C16H22N2O5/c1-16(2,3)23-15(20)18-7-8-22-12(10-18)14(19)11-5-6-13(21-4)17-9-11/h5-6,9,12H,7-8,10H2,1-4H3/t12-/m0/s1. The monoisotopic (exact) mass is 322 g/mol. The fraction of sp³-hybridized carbons (Fsp3) is 0.562. The van der Waals surface area contributed by atoms with Crippen molar-refractivity contribution >= 4 is 11.9 Å². The number of aromatic nitrogens is 1. The molecule has 23 heavy (non-hydrogen) atoms. The lowest BCUT2D eigenvalue weighted by molar-refractivity contribution is -0.0321. The number of ether oxygens (including phenoxy) is 3. The molecule has 1 saturated heterocycles. The fourth-order valence-corrected chi connectivity index (χ4v) is 2.13. The number of amides is 1. The molecule has 0 saturated carbocycles. The van der Waals surface area contributed by atoms with Gasteiger partial charge < -0.3 is 19.1 Å². The van der Waals surface area contributed by atoms with Crippen molar-refractivity contribution in [3.63, 3.8) is 0 Å². The van der Waals surface area contributed by atoms with Crippen LogP contribution in [0.2, 0.25) is 0 Å². The van der Waals surface area contributed by atoms with Gasteiger partial charge in [-0.15, -0.1) is 0 Å². The van der Waals surface area contributed by atoms with Crippen LogP contribution in [0.1, 0.15) is 31.1 Å². The van der Waals surface area contributed by atoms with Crippen LogP contribution in [0.4, 0.5) is 4.79 Å². The number of carbonyl (C=O) groups is 2. The maximum atomic E-state index is 12.5. The summed E-state index contributed by atoms with van der Waals surface area (Å²) in [6, 6.07) is 3.24. The van der Waals surface area contributed by atoms with E-state index in [0.29, 0.717) is 24.6 Å². The predicted octanol–water partition coefficient (Wildman–Crippen LogP) is 1.91. The first-order chi connectivity index (χ1) is 10.8. The van der Waals surface area contributed by atoms with Crippen molar-refractivity contribution in [2.75, 3.05) is 26.8 Å². The molecule has 0 radical (unpaired) electrons. The van der Waals surface area contributed by atoms with Crippen LogP contribution in [0.25, 0.3) is 0 Å². The highest BCUT2D eigenvalue weighted by atomic mass is 16.6. The zero-order valence-electron chi connectivity index (χ0n) is 13.9. The predicted molar refractivity (Wildman–Crippen MR) is 82.7 cm³/mol. The SMILES string of the molecule is COc1ccc(C(=O)[C@@H]2CN(C(=O)OC(C)(C)C)CCO2)cn1. The molecule has 1 aliphatic rings. The first kappa shape index (κ1) is 17.2. The summed E-state index contributed by atoms with van der Waals surface area (Å²) in [5.74, 6) is 0.218. The Morgan fingerprint density at radius 2 is 2.09 bits per heavy atom. The third kappa shape index (κ3) is 4.66. The minimum atomic E-state index is -0.716. The summed E-state index contributed by atoms with van der Waals surface area (Å²) in [6.07, 6.45) is 0.287. The summed E-state index contributed by atoms with van der Waals surface area (Å²) in [6.45, 7) is 6.27. The average Bonchev–Trinajstić information content (AvgIpc) is 2.53. The lowest BCUT2D eigenvalue weighted by Crippen LogP contribution is -2.50. The summed E-state index contributed by atoms with van der Waals surface area (Å²) >= 11 is 0. The number of nitrogens with zero attached hydrogens (tertiary/aromatic N) is 2. The van der Waals surface area contributed by atoms with Gasteiger partial charge in [0.15, 0.2) is 5.78 Å². The number of carbonyl (C=O) groups excluding carboxylic acids is 2. The maximum absolute atomic E-state index is 12.5. The van der Waals surface area contributed by atoms with Gasteiger partial charge in [0, 0.05) is 24.4 Å². The van der Waals surface area contributed by atoms with E-state index in [9.17, 15) is 9.59 Å². The Hall–Kier alpha value is -2.15. The van der Waals surface area contributed by atoms with Crippen molar-refractivity contribution in [2.24, 2.45) is 0 Å². The van der Waals surface area contributed by atoms with Gasteiger partial charge in [0.1, 0.15) is 11.7 Å². The molecule has 7 nitrogen and oxygen atoms in total. The molecule has 2 heterocycles. The number of hydrogen-bond donors (Lipinski definition) is 0. The van der Waals surface area contributed by atoms with Gasteiger partial charge in [-0.3, -0.25) is 4.79 Å². The van der Waals surface area contributed by atoms with Crippen molar-refractivity contribution in [2.45, 2.75) is 32.5 Å². The average molecular weight is 322 g/mol. The Morgan fingerprint density at radius 3 is 2.65 bits per heavy atom. The van der Waals surface area contributed by atoms with Crippen LogP contribution in [0.3, 0.4) is 0 Å². The second kappa shape index (κ2) is 6.95. The van der Waals surface area contributed by atoms with Gasteiger partial charge >= 0.3 is 6.09 Å². The first-order valence-electron chi connectivity index (χ1n) is 7.44. The summed E-state index contributed by atoms with van der Waals surface area (Å²) in [7, 11) is 1.51. The number of morpholine rings is 1. The molecular formula is C16H22N2O5. The fourth-order valence-electron chi connectivity index (χ4n) is 2.13. The molecule has 0 bridgehead atoms. The number of hydrogen-bond acceptors (Lipinski definition) is 6. The summed E-state index contributed by atoms with van der Waals surface area (Å²) in [4.78, 5) is 30.1. The molecule has 0 aromatic carbocycles. The Balaban J connectivity index is 2.02. The van der Waals surface area contributed by atoms with E-state index in [-0.39, 0.29) is 12.3 Å². The molecule has 1 aliphatic heterocycles. The Labute approximate surface area is 135 Å². The Kier molecular flexibility index (Phi) is 5.20. The molecule has 1 fully saturated rings. The Morgan fingerprint density at radius 1 is 1.35 bits per heavy atom. The van der Waals surface area contributed by atoms with Crippen molar-refractivity contribution in [3.8, 4) is 5.88 Å². The molecule has 0 aliphatic carbocycles. The Bertz CT molecular complexity index is 565. The van der Waals surface area contributed by atoms with Gasteiger partial charge in [-0.1, -0.05) is 0 Å². The van der Waals surface area contributed by atoms with Crippen LogP contribution in [0, 0.1) is 0 Å². The smallest absolute Gasteiger partial charge is 0.410 e. The van der Waals surface area contributed by atoms with Gasteiger partial charge in [0.2, 0.25) is 5.88 Å². The molecule has 2 rings (SSSR count). The van der Waals surface area contributed by atoms with Gasteiger partial charge in [-0.25, -0.2) is 9.78 Å². The maximum Gasteiger partial charge on any atom is 0.410 e. The largest absolute Gasteiger partial charge is 0.481 e. The molecule has 1 atom stereocenters. The van der Waals surface area contributed by atoms with E-state index in [1.54, 1.807) is 32.9 Å². The van der Waals surface area contributed by atoms with Gasteiger partial charge in [0.25, 0.3) is 0 Å². The zero-order valence-corrected chi connectivity index (χ0v) is 13.9. The molecule has 7 heteroatoms. The van der Waals surface area contributed by atoms with E-state index >= 15 is 0 Å². The number of ketones is 1. The van der Waals surface area contributed by atoms with Crippen LogP contribution < -0.4 is 4.74 Å². The highest BCUT2D eigenvalue weighted by Crippen LogP contribution is 2.16. The van der Waals surface area contributed by atoms with E-state index in [1.807, 2.05) is 0 Å². The van der Waals surface area contributed by atoms with Crippen LogP contribution >= 0.6 is 0 Å². The van der Waals surface area contributed by atoms with Crippen molar-refractivity contribution in [1.29, 1.82) is 0 Å². The van der Waals surface area contributed by atoms with Crippen molar-refractivity contribution < 1.29 is 23.8 Å². The van der Waals surface area contributed by atoms with E-state index in [4.69, 9.17) is 14.2 Å². The van der Waals surface area contributed by atoms with E-state index in [2.05, 4.69) is 4.98 Å². The van der Waals surface area contributed by atoms with Crippen LogP contribution in [-0.4, -0.2) is 60.3 Å². The summed E-state index contributed by atoms with van der Waals surface area (Å²) in [5.41, 5.74) is -0.156. The topological polar surface area (TPSA) is 78.0 Å². The molecule has 0 spiro atoms. The number of pyridine rings is 1. The normalized spacial score (nSPS) is 18.4. The minimum absolute atomic E-state index is 0.166. The highest BCUT2D eigenvalue weighted by Gasteiger charge is 2.32. The summed E-state index contributed by atoms with van der Waals surface area (Å²) in [5, 5.41) is 0. The van der Waals surface area contributed by atoms with Crippen molar-refractivity contribution in [1.82, 2.24) is 9.88 Å². The van der Waals surface area contributed by atoms with Crippen LogP contribution in [0.15, 0.2) is 18.3 Å². The van der Waals surface area contributed by atoms with E-state index < -0.39 is 17.8 Å². The van der Waals surface area contributed by atoms with Crippen molar-refractivity contribution in [3.05, 3.63) is 23.9 Å². The lowest BCUT2D eigenvalue weighted by atomic mass is 10.1. The second-order valence-corrected chi connectivity index (χ2v) is 6.24. The number of methoxy groups -OCH3 is 1. The molecule has 1 amide bonds. The molecule has 1 aromatic rings. The molecule has 126 valence electrons. The van der Waals surface area contributed by atoms with Gasteiger partial charge in [-0.05, 0) is 26.8 Å². The third-order valence-corrected chi connectivity index (χ3v) is 3.24. The van der Waals surface area contributed by atoms with E-state index in [1.165, 1.54) is 18.2 Å². The molecule has 0 unspecified atom stereocenters. The summed E-state index contributed by atoms with van der Waals surface area (Å²) < 4.78 is 15.8. The van der Waals surface area contributed by atoms with E-state index in [0.717, 1.165) is 0 Å². The highest BCUT2D eigenvalue weighted by molar-refractivity contribution is 5.99. The second-order valence-electron chi connectivity index (χ2n) is 6.24. The van der Waals surface area contributed by atoms with Gasteiger partial charge in [-0.2, -0.15) is 0 Å². The molecule has 0 N–H and O–H groups in total. The molecule has 1 aromatic heterocycles. The van der Waals surface area contributed by atoms with Gasteiger partial charge in [0.05, 0.1) is 20.3 Å². The minimum Gasteiger partial charge on any atom is -0.481 e. The zero-order chi connectivity index (χ0) is 17.0. The third-order valence-electron chi connectivity index (χ3n) is 3.24. The quantitative estimate of drug-likeness (QED) is 0.791. The van der Waals surface area contributed by atoms with Crippen LogP contribution in [0.5, 0.6) is 5.88 Å². The number of rotatable bonds is 3. The number of Topliss-reactive ketones (excluding diaryl/α,β-unsaturated/α-hetero) is 1. The molecular weight excluding hydrogens is 300 g/mol.